The summed E-state index contributed by atoms with van der Waals surface area (Å²) in [6, 6.07) is 0. The van der Waals surface area contributed by atoms with Gasteiger partial charge in [0.15, 0.2) is 0 Å². The third-order valence-corrected chi connectivity index (χ3v) is 1.92. The van der Waals surface area contributed by atoms with Crippen LogP contribution in [0.25, 0.3) is 0 Å². The normalized spacial score (nSPS) is 34.0. The summed E-state index contributed by atoms with van der Waals surface area (Å²) < 4.78 is 0. The molecule has 56 valence electrons. The summed E-state index contributed by atoms with van der Waals surface area (Å²) in [5.41, 5.74) is 5.36. The average Bonchev–Trinajstić information content (AvgIpc) is 2.14. The Morgan fingerprint density at radius 2 is 2.11 bits per heavy atom. The second-order valence-electron chi connectivity index (χ2n) is 2.49. The first-order chi connectivity index (χ1) is 3.84. The van der Waals surface area contributed by atoms with Gasteiger partial charge in [0.1, 0.15) is 0 Å². The SMILES string of the molecule is Cl.NC[C@@H]1CCCC1O. The molecule has 1 aliphatic rings. The number of aliphatic hydroxyl groups is 1. The van der Waals surface area contributed by atoms with Crippen LogP contribution in [0.5, 0.6) is 0 Å². The Morgan fingerprint density at radius 1 is 1.44 bits per heavy atom. The molecule has 1 unspecified atom stereocenters. The molecule has 0 saturated heterocycles. The van der Waals surface area contributed by atoms with Crippen molar-refractivity contribution in [3.05, 3.63) is 0 Å². The van der Waals surface area contributed by atoms with Crippen molar-refractivity contribution < 1.29 is 5.11 Å². The molecule has 0 aromatic heterocycles. The quantitative estimate of drug-likeness (QED) is 0.575. The average molecular weight is 152 g/mol. The molecule has 9 heavy (non-hydrogen) atoms. The number of hydrogen-bond donors (Lipinski definition) is 2. The minimum Gasteiger partial charge on any atom is -0.393 e. The number of halogens is 1. The molecule has 0 spiro atoms. The van der Waals surface area contributed by atoms with Gasteiger partial charge < -0.3 is 10.8 Å². The van der Waals surface area contributed by atoms with Crippen LogP contribution in [0.3, 0.4) is 0 Å². The molecule has 1 fully saturated rings. The van der Waals surface area contributed by atoms with Gasteiger partial charge in [-0.1, -0.05) is 6.42 Å². The van der Waals surface area contributed by atoms with Gasteiger partial charge in [-0.2, -0.15) is 0 Å². The lowest BCUT2D eigenvalue weighted by Gasteiger charge is -2.09. The molecule has 3 heteroatoms. The van der Waals surface area contributed by atoms with Gasteiger partial charge >= 0.3 is 0 Å². The number of aliphatic hydroxyl groups excluding tert-OH is 1. The minimum absolute atomic E-state index is 0. The molecular weight excluding hydrogens is 138 g/mol. The Labute approximate surface area is 61.8 Å². The van der Waals surface area contributed by atoms with Crippen molar-refractivity contribution in [3.63, 3.8) is 0 Å². The van der Waals surface area contributed by atoms with Crippen LogP contribution >= 0.6 is 12.4 Å². The lowest BCUT2D eigenvalue weighted by molar-refractivity contribution is 0.136. The van der Waals surface area contributed by atoms with E-state index in [2.05, 4.69) is 0 Å². The van der Waals surface area contributed by atoms with E-state index in [-0.39, 0.29) is 18.5 Å². The molecule has 0 amide bonds. The van der Waals surface area contributed by atoms with E-state index in [9.17, 15) is 0 Å². The van der Waals surface area contributed by atoms with E-state index in [1.165, 1.54) is 0 Å². The highest BCUT2D eigenvalue weighted by atomic mass is 35.5. The molecule has 0 bridgehead atoms. The smallest absolute Gasteiger partial charge is 0.0580 e. The highest BCUT2D eigenvalue weighted by molar-refractivity contribution is 5.85. The first kappa shape index (κ1) is 9.21. The molecule has 2 atom stereocenters. The maximum Gasteiger partial charge on any atom is 0.0580 e. The Morgan fingerprint density at radius 3 is 2.33 bits per heavy atom. The third-order valence-electron chi connectivity index (χ3n) is 1.92. The highest BCUT2D eigenvalue weighted by Crippen LogP contribution is 2.23. The molecule has 1 rings (SSSR count). The Bertz CT molecular complexity index is 79.5. The van der Waals surface area contributed by atoms with Crippen molar-refractivity contribution >= 4 is 12.4 Å². The largest absolute Gasteiger partial charge is 0.393 e. The van der Waals surface area contributed by atoms with Crippen molar-refractivity contribution in [2.75, 3.05) is 6.54 Å². The van der Waals surface area contributed by atoms with Crippen molar-refractivity contribution in [1.82, 2.24) is 0 Å². The fraction of sp³-hybridized carbons (Fsp3) is 1.00. The summed E-state index contributed by atoms with van der Waals surface area (Å²) in [5.74, 6) is 0.398. The molecule has 0 aromatic rings. The van der Waals surface area contributed by atoms with Crippen LogP contribution in [0, 0.1) is 5.92 Å². The first-order valence-corrected chi connectivity index (χ1v) is 3.22. The van der Waals surface area contributed by atoms with Crippen molar-refractivity contribution in [2.45, 2.75) is 25.4 Å². The first-order valence-electron chi connectivity index (χ1n) is 3.22. The van der Waals surface area contributed by atoms with Crippen LogP contribution in [-0.4, -0.2) is 17.8 Å². The van der Waals surface area contributed by atoms with Crippen LogP contribution in [0.4, 0.5) is 0 Å². The Hall–Kier alpha value is 0.210. The van der Waals surface area contributed by atoms with Crippen LogP contribution in [0.15, 0.2) is 0 Å². The van der Waals surface area contributed by atoms with Gasteiger partial charge in [-0.05, 0) is 25.3 Å². The number of hydrogen-bond acceptors (Lipinski definition) is 2. The predicted molar refractivity (Wildman–Crippen MR) is 39.7 cm³/mol. The summed E-state index contributed by atoms with van der Waals surface area (Å²) in [6.07, 6.45) is 3.14. The Balaban J connectivity index is 0.000000640. The van der Waals surface area contributed by atoms with Crippen LogP contribution < -0.4 is 5.73 Å². The van der Waals surface area contributed by atoms with E-state index in [4.69, 9.17) is 10.8 Å². The molecule has 1 aliphatic carbocycles. The zero-order valence-electron chi connectivity index (χ0n) is 5.42. The molecule has 0 radical (unpaired) electrons. The van der Waals surface area contributed by atoms with E-state index >= 15 is 0 Å². The van der Waals surface area contributed by atoms with Gasteiger partial charge in [0, 0.05) is 0 Å². The number of rotatable bonds is 1. The van der Waals surface area contributed by atoms with E-state index < -0.39 is 0 Å². The second-order valence-corrected chi connectivity index (χ2v) is 2.49. The van der Waals surface area contributed by atoms with E-state index in [0.717, 1.165) is 19.3 Å². The number of nitrogens with two attached hydrogens (primary N) is 1. The lowest BCUT2D eigenvalue weighted by atomic mass is 10.1. The predicted octanol–water partition coefficient (Wildman–Crippen LogP) is 0.528. The van der Waals surface area contributed by atoms with Crippen molar-refractivity contribution in [2.24, 2.45) is 11.7 Å². The van der Waals surface area contributed by atoms with E-state index in [1.807, 2.05) is 0 Å². The molecule has 0 aromatic carbocycles. The van der Waals surface area contributed by atoms with Gasteiger partial charge in [0.25, 0.3) is 0 Å². The van der Waals surface area contributed by atoms with Gasteiger partial charge in [-0.15, -0.1) is 12.4 Å². The third kappa shape index (κ3) is 2.12. The van der Waals surface area contributed by atoms with Gasteiger partial charge in [-0.25, -0.2) is 0 Å². The minimum atomic E-state index is -0.0972. The summed E-state index contributed by atoms with van der Waals surface area (Å²) >= 11 is 0. The van der Waals surface area contributed by atoms with Crippen LogP contribution in [0.1, 0.15) is 19.3 Å². The van der Waals surface area contributed by atoms with Gasteiger partial charge in [0.2, 0.25) is 0 Å². The highest BCUT2D eigenvalue weighted by Gasteiger charge is 2.22. The fourth-order valence-corrected chi connectivity index (χ4v) is 1.29. The van der Waals surface area contributed by atoms with Crippen molar-refractivity contribution in [1.29, 1.82) is 0 Å². The second kappa shape index (κ2) is 4.09. The van der Waals surface area contributed by atoms with E-state index in [1.54, 1.807) is 0 Å². The lowest BCUT2D eigenvalue weighted by Crippen LogP contribution is -2.21. The maximum absolute atomic E-state index is 9.11. The topological polar surface area (TPSA) is 46.2 Å². The van der Waals surface area contributed by atoms with E-state index in [0.29, 0.717) is 12.5 Å². The van der Waals surface area contributed by atoms with Crippen LogP contribution in [-0.2, 0) is 0 Å². The summed E-state index contributed by atoms with van der Waals surface area (Å²) in [7, 11) is 0. The summed E-state index contributed by atoms with van der Waals surface area (Å²) in [5, 5.41) is 9.11. The summed E-state index contributed by atoms with van der Waals surface area (Å²) in [4.78, 5) is 0. The van der Waals surface area contributed by atoms with Gasteiger partial charge in [0.05, 0.1) is 6.10 Å². The zero-order chi connectivity index (χ0) is 5.98. The Kier molecular flexibility index (Phi) is 4.19. The van der Waals surface area contributed by atoms with Gasteiger partial charge in [-0.3, -0.25) is 0 Å². The zero-order valence-corrected chi connectivity index (χ0v) is 6.23. The van der Waals surface area contributed by atoms with Crippen LogP contribution in [0.2, 0.25) is 0 Å². The summed E-state index contributed by atoms with van der Waals surface area (Å²) in [6.45, 7) is 0.654. The fourth-order valence-electron chi connectivity index (χ4n) is 1.29. The maximum atomic E-state index is 9.11. The molecule has 0 aliphatic heterocycles. The monoisotopic (exact) mass is 151 g/mol. The molecule has 2 nitrogen and oxygen atoms in total. The molecular formula is C6H14ClNO. The molecule has 0 heterocycles. The standard InChI is InChI=1S/C6H13NO.ClH/c7-4-5-2-1-3-6(5)8;/h5-6,8H,1-4,7H2;1H/t5-,6?;/m0./s1. The van der Waals surface area contributed by atoms with Crippen molar-refractivity contribution in [3.8, 4) is 0 Å². The molecule has 1 saturated carbocycles. The molecule has 3 N–H and O–H groups in total.